The molecule has 2 fully saturated rings. The number of hydrogen-bond acceptors (Lipinski definition) is 5. The summed E-state index contributed by atoms with van der Waals surface area (Å²) in [4.78, 5) is 30.3. The highest BCUT2D eigenvalue weighted by molar-refractivity contribution is 5.89. The average molecular weight is 437 g/mol. The van der Waals surface area contributed by atoms with Crippen molar-refractivity contribution >= 4 is 17.6 Å². The molecule has 1 amide bonds. The van der Waals surface area contributed by atoms with E-state index in [9.17, 15) is 9.59 Å². The van der Waals surface area contributed by atoms with E-state index in [-0.39, 0.29) is 24.0 Å². The summed E-state index contributed by atoms with van der Waals surface area (Å²) in [5.41, 5.74) is 6.24. The number of carbonyl (C=O) groups is 2. The molecule has 7 nitrogen and oxygen atoms in total. The summed E-state index contributed by atoms with van der Waals surface area (Å²) in [6.45, 7) is 9.10. The van der Waals surface area contributed by atoms with Crippen LogP contribution in [-0.4, -0.2) is 58.3 Å². The second-order valence-electron chi connectivity index (χ2n) is 9.42. The van der Waals surface area contributed by atoms with E-state index >= 15 is 0 Å². The van der Waals surface area contributed by atoms with Crippen molar-refractivity contribution in [3.05, 3.63) is 46.3 Å². The Balaban J connectivity index is 1.33. The highest BCUT2D eigenvalue weighted by atomic mass is 16.5. The van der Waals surface area contributed by atoms with Crippen molar-refractivity contribution in [3.8, 4) is 0 Å². The van der Waals surface area contributed by atoms with Crippen molar-refractivity contribution in [2.75, 3.05) is 31.1 Å². The molecule has 0 unspecified atom stereocenters. The zero-order valence-corrected chi connectivity index (χ0v) is 19.3. The van der Waals surface area contributed by atoms with Crippen LogP contribution in [-0.2, 0) is 28.9 Å². The molecule has 32 heavy (non-hydrogen) atoms. The molecule has 1 aromatic heterocycles. The summed E-state index contributed by atoms with van der Waals surface area (Å²) in [7, 11) is 0. The Labute approximate surface area is 189 Å². The highest BCUT2D eigenvalue weighted by Crippen LogP contribution is 2.45. The molecule has 1 aliphatic heterocycles. The summed E-state index contributed by atoms with van der Waals surface area (Å²) in [6, 6.07) is 6.46. The van der Waals surface area contributed by atoms with Crippen LogP contribution >= 0.6 is 0 Å². The summed E-state index contributed by atoms with van der Waals surface area (Å²) in [5.74, 6) is -0.270. The van der Waals surface area contributed by atoms with E-state index in [1.165, 1.54) is 16.8 Å². The molecular formula is C25H32N4O3. The summed E-state index contributed by atoms with van der Waals surface area (Å²) < 4.78 is 6.96. The molecule has 0 N–H and O–H groups in total. The Morgan fingerprint density at radius 1 is 1.16 bits per heavy atom. The van der Waals surface area contributed by atoms with Crippen molar-refractivity contribution in [1.29, 1.82) is 0 Å². The number of nitrogens with zero attached hydrogens (tertiary/aromatic N) is 4. The topological polar surface area (TPSA) is 67.7 Å². The van der Waals surface area contributed by atoms with Crippen LogP contribution in [0.4, 0.5) is 5.69 Å². The van der Waals surface area contributed by atoms with Crippen LogP contribution < -0.4 is 4.90 Å². The van der Waals surface area contributed by atoms with Gasteiger partial charge in [0, 0.05) is 36.6 Å². The molecule has 1 saturated heterocycles. The molecule has 1 spiro atoms. The zero-order valence-electron chi connectivity index (χ0n) is 19.3. The number of esters is 1. The molecule has 1 aromatic carbocycles. The first kappa shape index (κ1) is 21.0. The highest BCUT2D eigenvalue weighted by Gasteiger charge is 2.53. The number of rotatable bonds is 5. The summed E-state index contributed by atoms with van der Waals surface area (Å²) in [6.07, 6.45) is 4.78. The first-order valence-electron chi connectivity index (χ1n) is 11.8. The molecule has 0 radical (unpaired) electrons. The lowest BCUT2D eigenvalue weighted by atomic mass is 10.0. The maximum atomic E-state index is 13.4. The quantitative estimate of drug-likeness (QED) is 0.674. The van der Waals surface area contributed by atoms with Gasteiger partial charge in [-0.2, -0.15) is 5.10 Å². The maximum Gasteiger partial charge on any atom is 0.359 e. The fraction of sp³-hybridized carbons (Fsp3) is 0.560. The van der Waals surface area contributed by atoms with Crippen LogP contribution in [0.3, 0.4) is 0 Å². The normalized spacial score (nSPS) is 18.7. The van der Waals surface area contributed by atoms with Crippen LogP contribution in [0, 0.1) is 13.8 Å². The molecular weight excluding hydrogens is 404 g/mol. The van der Waals surface area contributed by atoms with Crippen molar-refractivity contribution in [3.63, 3.8) is 0 Å². The fourth-order valence-electron chi connectivity index (χ4n) is 5.44. The van der Waals surface area contributed by atoms with Gasteiger partial charge < -0.3 is 14.5 Å². The summed E-state index contributed by atoms with van der Waals surface area (Å²) in [5, 5.41) is 4.52. The van der Waals surface area contributed by atoms with E-state index in [0.29, 0.717) is 12.3 Å². The van der Waals surface area contributed by atoms with Crippen LogP contribution in [0.5, 0.6) is 0 Å². The van der Waals surface area contributed by atoms with Crippen LogP contribution in [0.25, 0.3) is 0 Å². The van der Waals surface area contributed by atoms with Gasteiger partial charge >= 0.3 is 5.97 Å². The number of aryl methyl sites for hydroxylation is 1. The SMILES string of the molecule is CCOC(=O)c1nn(CC(=O)N2CCN(c3cccc(C)c3C)CC23CC3)c2c1CCC2. The number of hydrogen-bond donors (Lipinski definition) is 0. The third-order valence-corrected chi connectivity index (χ3v) is 7.46. The van der Waals surface area contributed by atoms with E-state index in [1.54, 1.807) is 11.6 Å². The van der Waals surface area contributed by atoms with E-state index in [1.807, 2.05) is 0 Å². The monoisotopic (exact) mass is 436 g/mol. The minimum absolute atomic E-state index is 0.0637. The second kappa shape index (κ2) is 7.94. The van der Waals surface area contributed by atoms with E-state index in [2.05, 4.69) is 46.9 Å². The Hall–Kier alpha value is -2.83. The van der Waals surface area contributed by atoms with E-state index in [4.69, 9.17) is 4.74 Å². The molecule has 0 bridgehead atoms. The first-order valence-corrected chi connectivity index (χ1v) is 11.8. The van der Waals surface area contributed by atoms with Gasteiger partial charge in [0.05, 0.1) is 12.1 Å². The number of aromatic nitrogens is 2. The zero-order chi connectivity index (χ0) is 22.5. The lowest BCUT2D eigenvalue weighted by molar-refractivity contribution is -0.135. The van der Waals surface area contributed by atoms with Crippen LogP contribution in [0.2, 0.25) is 0 Å². The largest absolute Gasteiger partial charge is 0.461 e. The number of ether oxygens (including phenoxy) is 1. The molecule has 2 aliphatic carbocycles. The van der Waals surface area contributed by atoms with Gasteiger partial charge in [0.2, 0.25) is 5.91 Å². The van der Waals surface area contributed by atoms with Gasteiger partial charge in [0.1, 0.15) is 6.54 Å². The van der Waals surface area contributed by atoms with Crippen molar-refractivity contribution in [1.82, 2.24) is 14.7 Å². The van der Waals surface area contributed by atoms with Gasteiger partial charge in [-0.15, -0.1) is 0 Å². The predicted molar refractivity (Wildman–Crippen MR) is 122 cm³/mol. The number of anilines is 1. The Morgan fingerprint density at radius 3 is 2.72 bits per heavy atom. The van der Waals surface area contributed by atoms with Gasteiger partial charge in [-0.3, -0.25) is 9.48 Å². The summed E-state index contributed by atoms with van der Waals surface area (Å²) >= 11 is 0. The third-order valence-electron chi connectivity index (χ3n) is 7.46. The van der Waals surface area contributed by atoms with Crippen molar-refractivity contribution < 1.29 is 14.3 Å². The maximum absolute atomic E-state index is 13.4. The van der Waals surface area contributed by atoms with E-state index in [0.717, 1.165) is 63.0 Å². The first-order chi connectivity index (χ1) is 15.4. The van der Waals surface area contributed by atoms with Crippen molar-refractivity contribution in [2.45, 2.75) is 65.0 Å². The molecule has 5 rings (SSSR count). The van der Waals surface area contributed by atoms with Crippen LogP contribution in [0.1, 0.15) is 59.1 Å². The van der Waals surface area contributed by atoms with Gasteiger partial charge in [-0.25, -0.2) is 4.79 Å². The molecule has 2 aromatic rings. The number of amides is 1. The van der Waals surface area contributed by atoms with Crippen molar-refractivity contribution in [2.24, 2.45) is 0 Å². The molecule has 0 atom stereocenters. The smallest absolute Gasteiger partial charge is 0.359 e. The standard InChI is InChI=1S/C25H32N4O3/c1-4-32-24(31)23-19-8-6-10-21(19)29(26-23)15-22(30)28-14-13-27(16-25(28)11-12-25)20-9-5-7-17(2)18(20)3/h5,7,9H,4,6,8,10-16H2,1-3H3. The Bertz CT molecular complexity index is 1070. The average Bonchev–Trinajstić information content (AvgIpc) is 3.21. The van der Waals surface area contributed by atoms with Gasteiger partial charge in [0.15, 0.2) is 5.69 Å². The van der Waals surface area contributed by atoms with Gasteiger partial charge in [-0.1, -0.05) is 12.1 Å². The van der Waals surface area contributed by atoms with E-state index < -0.39 is 0 Å². The lowest BCUT2D eigenvalue weighted by Crippen LogP contribution is -2.58. The number of benzene rings is 1. The number of carbonyl (C=O) groups excluding carboxylic acids is 2. The number of piperazine rings is 1. The third kappa shape index (κ3) is 3.48. The van der Waals surface area contributed by atoms with Gasteiger partial charge in [-0.05, 0) is 70.1 Å². The Morgan fingerprint density at radius 2 is 1.97 bits per heavy atom. The molecule has 170 valence electrons. The van der Waals surface area contributed by atoms with Gasteiger partial charge in [0.25, 0.3) is 0 Å². The molecule has 7 heteroatoms. The lowest BCUT2D eigenvalue weighted by Gasteiger charge is -2.44. The number of fused-ring (bicyclic) bond motifs is 1. The second-order valence-corrected chi connectivity index (χ2v) is 9.42. The molecule has 3 aliphatic rings. The minimum Gasteiger partial charge on any atom is -0.461 e. The predicted octanol–water partition coefficient (Wildman–Crippen LogP) is 3.05. The Kier molecular flexibility index (Phi) is 5.22. The minimum atomic E-state index is -0.377. The fourth-order valence-corrected chi connectivity index (χ4v) is 5.44. The van der Waals surface area contributed by atoms with Crippen LogP contribution in [0.15, 0.2) is 18.2 Å². The molecule has 2 heterocycles. The molecule has 1 saturated carbocycles.